The Morgan fingerprint density at radius 1 is 0.889 bits per heavy atom. The van der Waals surface area contributed by atoms with E-state index in [9.17, 15) is 9.59 Å². The third-order valence-electron chi connectivity index (χ3n) is 4.71. The molecule has 2 aromatic rings. The summed E-state index contributed by atoms with van der Waals surface area (Å²) in [6.45, 7) is 1.97. The second-order valence-electron chi connectivity index (χ2n) is 6.33. The molecule has 0 N–H and O–H groups in total. The number of nitrogens with zero attached hydrogens (tertiary/aromatic N) is 4. The first-order chi connectivity index (χ1) is 13.0. The fraction of sp³-hybridized carbons (Fsp3) is 0.263. The average molecular weight is 366 g/mol. The molecule has 2 heterocycles. The number of hydrogen-bond donors (Lipinski definition) is 0. The molecule has 2 aromatic carbocycles. The second-order valence-corrected chi connectivity index (χ2v) is 6.33. The molecule has 138 valence electrons. The van der Waals surface area contributed by atoms with E-state index in [1.807, 2.05) is 31.2 Å². The molecule has 0 saturated carbocycles. The van der Waals surface area contributed by atoms with E-state index < -0.39 is 18.0 Å². The fourth-order valence-corrected chi connectivity index (χ4v) is 3.29. The summed E-state index contributed by atoms with van der Waals surface area (Å²) in [6, 6.07) is 10.8. The lowest BCUT2D eigenvalue weighted by atomic mass is 10.1. The third kappa shape index (κ3) is 2.61. The molecule has 0 bridgehead atoms. The van der Waals surface area contributed by atoms with Crippen LogP contribution in [0.25, 0.3) is 0 Å². The summed E-state index contributed by atoms with van der Waals surface area (Å²) < 4.78 is 10.5. The number of anilines is 2. The van der Waals surface area contributed by atoms with E-state index in [1.165, 1.54) is 19.2 Å². The fourth-order valence-electron chi connectivity index (χ4n) is 3.29. The minimum absolute atomic E-state index is 0.372. The van der Waals surface area contributed by atoms with Crippen LogP contribution in [0.2, 0.25) is 0 Å². The maximum absolute atomic E-state index is 13.1. The number of benzene rings is 2. The second kappa shape index (κ2) is 6.39. The quantitative estimate of drug-likeness (QED) is 0.777. The number of aryl methyl sites for hydroxylation is 1. The van der Waals surface area contributed by atoms with Crippen LogP contribution in [0.1, 0.15) is 5.56 Å². The van der Waals surface area contributed by atoms with E-state index in [2.05, 4.69) is 10.3 Å². The molecule has 0 radical (unpaired) electrons. The first kappa shape index (κ1) is 17.0. The van der Waals surface area contributed by atoms with Gasteiger partial charge in [0.05, 0.1) is 25.6 Å². The zero-order chi connectivity index (χ0) is 19.1. The van der Waals surface area contributed by atoms with Crippen molar-refractivity contribution in [3.05, 3.63) is 48.0 Å². The van der Waals surface area contributed by atoms with Gasteiger partial charge in [-0.1, -0.05) is 22.9 Å². The van der Waals surface area contributed by atoms with E-state index in [0.717, 1.165) is 10.5 Å². The molecule has 1 saturated heterocycles. The Labute approximate surface area is 156 Å². The van der Waals surface area contributed by atoms with E-state index in [1.54, 1.807) is 18.2 Å². The van der Waals surface area contributed by atoms with Crippen LogP contribution in [0.5, 0.6) is 11.5 Å². The highest BCUT2D eigenvalue weighted by Crippen LogP contribution is 2.38. The lowest BCUT2D eigenvalue weighted by Crippen LogP contribution is -2.39. The molecule has 2 amide bonds. The summed E-state index contributed by atoms with van der Waals surface area (Å²) in [6.07, 6.45) is 0. The van der Waals surface area contributed by atoms with Crippen molar-refractivity contribution >= 4 is 23.2 Å². The van der Waals surface area contributed by atoms with Gasteiger partial charge >= 0.3 is 0 Å². The van der Waals surface area contributed by atoms with Gasteiger partial charge in [0.25, 0.3) is 11.8 Å². The van der Waals surface area contributed by atoms with Crippen molar-refractivity contribution in [2.45, 2.75) is 19.0 Å². The van der Waals surface area contributed by atoms with Gasteiger partial charge in [0, 0.05) is 6.07 Å². The Bertz CT molecular complexity index is 941. The van der Waals surface area contributed by atoms with Gasteiger partial charge in [0.2, 0.25) is 0 Å². The first-order valence-corrected chi connectivity index (χ1v) is 8.41. The van der Waals surface area contributed by atoms with Crippen LogP contribution in [0.4, 0.5) is 11.4 Å². The van der Waals surface area contributed by atoms with Crippen molar-refractivity contribution in [3.8, 4) is 11.5 Å². The summed E-state index contributed by atoms with van der Waals surface area (Å²) in [5.74, 6) is 0.171. The van der Waals surface area contributed by atoms with Crippen molar-refractivity contribution in [2.24, 2.45) is 10.3 Å². The minimum Gasteiger partial charge on any atom is -0.493 e. The summed E-state index contributed by atoms with van der Waals surface area (Å²) in [5.41, 5.74) is 2.22. The topological polar surface area (TPSA) is 83.8 Å². The summed E-state index contributed by atoms with van der Waals surface area (Å²) in [5, 5.41) is 9.60. The summed E-state index contributed by atoms with van der Waals surface area (Å²) >= 11 is 0. The molecule has 8 nitrogen and oxygen atoms in total. The molecule has 0 aromatic heterocycles. The minimum atomic E-state index is -0.855. The third-order valence-corrected chi connectivity index (χ3v) is 4.71. The number of rotatable bonds is 4. The van der Waals surface area contributed by atoms with Gasteiger partial charge in [-0.2, -0.15) is 5.11 Å². The molecule has 4 rings (SSSR count). The Morgan fingerprint density at radius 2 is 1.56 bits per heavy atom. The Kier molecular flexibility index (Phi) is 4.02. The zero-order valence-corrected chi connectivity index (χ0v) is 15.1. The van der Waals surface area contributed by atoms with Gasteiger partial charge in [0.1, 0.15) is 0 Å². The number of carbonyl (C=O) groups is 2. The van der Waals surface area contributed by atoms with E-state index in [0.29, 0.717) is 22.9 Å². The average Bonchev–Trinajstić information content (AvgIpc) is 3.22. The monoisotopic (exact) mass is 366 g/mol. The lowest BCUT2D eigenvalue weighted by Gasteiger charge is -2.21. The largest absolute Gasteiger partial charge is 0.493 e. The molecule has 2 aliphatic heterocycles. The summed E-state index contributed by atoms with van der Waals surface area (Å²) in [4.78, 5) is 27.0. The normalized spacial score (nSPS) is 21.0. The van der Waals surface area contributed by atoms with Crippen molar-refractivity contribution in [1.82, 2.24) is 0 Å². The van der Waals surface area contributed by atoms with Crippen molar-refractivity contribution in [2.75, 3.05) is 24.1 Å². The maximum atomic E-state index is 13.1. The van der Waals surface area contributed by atoms with Crippen molar-refractivity contribution in [1.29, 1.82) is 0 Å². The van der Waals surface area contributed by atoms with E-state index >= 15 is 0 Å². The van der Waals surface area contributed by atoms with Crippen molar-refractivity contribution in [3.63, 3.8) is 0 Å². The summed E-state index contributed by atoms with van der Waals surface area (Å²) in [7, 11) is 3.02. The zero-order valence-electron chi connectivity index (χ0n) is 15.1. The Hall–Kier alpha value is -3.42. The smallest absolute Gasteiger partial charge is 0.263 e. The number of fused-ring (bicyclic) bond motifs is 1. The van der Waals surface area contributed by atoms with Crippen LogP contribution < -0.4 is 19.4 Å². The molecule has 8 heteroatoms. The van der Waals surface area contributed by atoms with Gasteiger partial charge in [0.15, 0.2) is 23.6 Å². The molecule has 27 heavy (non-hydrogen) atoms. The highest BCUT2D eigenvalue weighted by atomic mass is 16.5. The van der Waals surface area contributed by atoms with Gasteiger partial charge in [-0.3, -0.25) is 9.59 Å². The molecule has 2 aliphatic rings. The lowest BCUT2D eigenvalue weighted by molar-refractivity contribution is -0.121. The molecule has 0 spiro atoms. The molecule has 0 aliphatic carbocycles. The molecule has 0 unspecified atom stereocenters. The van der Waals surface area contributed by atoms with Crippen LogP contribution in [0, 0.1) is 6.92 Å². The molecular weight excluding hydrogens is 348 g/mol. The molecule has 2 atom stereocenters. The predicted molar refractivity (Wildman–Crippen MR) is 98.1 cm³/mol. The predicted octanol–water partition coefficient (Wildman–Crippen LogP) is 2.51. The first-order valence-electron chi connectivity index (χ1n) is 8.41. The Balaban J connectivity index is 1.68. The van der Waals surface area contributed by atoms with Crippen LogP contribution in [-0.4, -0.2) is 38.1 Å². The van der Waals surface area contributed by atoms with Crippen LogP contribution in [-0.2, 0) is 9.59 Å². The van der Waals surface area contributed by atoms with Gasteiger partial charge < -0.3 is 9.47 Å². The van der Waals surface area contributed by atoms with Gasteiger partial charge in [-0.15, -0.1) is 0 Å². The van der Waals surface area contributed by atoms with Crippen LogP contribution in [0.3, 0.4) is 0 Å². The van der Waals surface area contributed by atoms with Gasteiger partial charge in [-0.25, -0.2) is 9.91 Å². The number of amides is 2. The number of ether oxygens (including phenoxy) is 2. The number of imide groups is 1. The van der Waals surface area contributed by atoms with E-state index in [-0.39, 0.29) is 5.91 Å². The SMILES string of the molecule is COc1ccc(N2C(=O)[C@H]3N=NN(c4ccc(C)cc4)[C@H]3C2=O)cc1OC. The standard InChI is InChI=1S/C19H18N4O4/c1-11-4-6-12(7-5-11)23-17-16(20-21-23)18(24)22(19(17)25)13-8-9-14(26-2)15(10-13)27-3/h4-10,16-17H,1-3H3/t16-,17+/m0/s1. The van der Waals surface area contributed by atoms with E-state index in [4.69, 9.17) is 9.47 Å². The van der Waals surface area contributed by atoms with Gasteiger partial charge in [-0.05, 0) is 31.2 Å². The van der Waals surface area contributed by atoms with Crippen molar-refractivity contribution < 1.29 is 19.1 Å². The van der Waals surface area contributed by atoms with Crippen LogP contribution >= 0.6 is 0 Å². The number of carbonyl (C=O) groups excluding carboxylic acids is 2. The highest BCUT2D eigenvalue weighted by Gasteiger charge is 2.55. The van der Waals surface area contributed by atoms with Crippen LogP contribution in [0.15, 0.2) is 52.8 Å². The maximum Gasteiger partial charge on any atom is 0.263 e. The highest BCUT2D eigenvalue weighted by molar-refractivity contribution is 6.26. The Morgan fingerprint density at radius 3 is 2.22 bits per heavy atom. The number of methoxy groups -OCH3 is 2. The number of hydrogen-bond acceptors (Lipinski definition) is 7. The molecular formula is C19H18N4O4. The molecule has 1 fully saturated rings.